The number of hydrogen-bond acceptors (Lipinski definition) is 2. The molecule has 1 aromatic rings. The molecule has 1 amide bonds. The molecule has 0 aromatic heterocycles. The molecule has 1 aliphatic rings. The lowest BCUT2D eigenvalue weighted by Crippen LogP contribution is -2.36. The fourth-order valence-corrected chi connectivity index (χ4v) is 3.16. The topological polar surface area (TPSA) is 40.5 Å². The van der Waals surface area contributed by atoms with E-state index in [2.05, 4.69) is 15.9 Å². The van der Waals surface area contributed by atoms with Crippen LogP contribution in [-0.4, -0.2) is 35.6 Å². The average molecular weight is 340 g/mol. The van der Waals surface area contributed by atoms with Gasteiger partial charge in [-0.15, -0.1) is 0 Å². The summed E-state index contributed by atoms with van der Waals surface area (Å²) in [5.74, 6) is 0.208. The van der Waals surface area contributed by atoms with Crippen molar-refractivity contribution in [2.75, 3.05) is 13.6 Å². The van der Waals surface area contributed by atoms with Gasteiger partial charge >= 0.3 is 0 Å². The van der Waals surface area contributed by atoms with Crippen molar-refractivity contribution in [3.63, 3.8) is 0 Å². The molecule has 4 heteroatoms. The molecule has 0 saturated heterocycles. The van der Waals surface area contributed by atoms with Crippen LogP contribution in [0, 0.1) is 5.92 Å². The van der Waals surface area contributed by atoms with Gasteiger partial charge in [0.25, 0.3) is 0 Å². The van der Waals surface area contributed by atoms with Crippen molar-refractivity contribution in [3.8, 4) is 0 Å². The van der Waals surface area contributed by atoms with Crippen LogP contribution in [0.5, 0.6) is 0 Å². The quantitative estimate of drug-likeness (QED) is 0.915. The summed E-state index contributed by atoms with van der Waals surface area (Å²) in [6.45, 7) is 2.59. The third-order valence-corrected chi connectivity index (χ3v) is 4.77. The smallest absolute Gasteiger partial charge is 0.229 e. The van der Waals surface area contributed by atoms with Gasteiger partial charge in [0.05, 0.1) is 12.0 Å². The number of aliphatic hydroxyl groups excluding tert-OH is 1. The van der Waals surface area contributed by atoms with Crippen molar-refractivity contribution in [2.45, 2.75) is 38.2 Å². The van der Waals surface area contributed by atoms with E-state index < -0.39 is 0 Å². The van der Waals surface area contributed by atoms with Crippen molar-refractivity contribution in [2.24, 2.45) is 5.92 Å². The zero-order valence-corrected chi connectivity index (χ0v) is 13.6. The predicted molar refractivity (Wildman–Crippen MR) is 83.5 cm³/mol. The summed E-state index contributed by atoms with van der Waals surface area (Å²) in [5.41, 5.74) is 1.03. The van der Waals surface area contributed by atoms with Gasteiger partial charge in [-0.25, -0.2) is 0 Å². The Morgan fingerprint density at radius 3 is 2.60 bits per heavy atom. The van der Waals surface area contributed by atoms with E-state index >= 15 is 0 Å². The molecule has 1 fully saturated rings. The first-order valence-corrected chi connectivity index (χ1v) is 7.97. The number of nitrogens with zero attached hydrogens (tertiary/aromatic N) is 1. The maximum Gasteiger partial charge on any atom is 0.229 e. The summed E-state index contributed by atoms with van der Waals surface area (Å²) in [6, 6.07) is 7.87. The molecule has 0 heterocycles. The van der Waals surface area contributed by atoms with Gasteiger partial charge in [-0.2, -0.15) is 0 Å². The SMILES string of the molecule is CC(C(=O)N(C)CC1CCCC1O)c1ccc(Br)cc1. The van der Waals surface area contributed by atoms with Crippen LogP contribution in [0.2, 0.25) is 0 Å². The Morgan fingerprint density at radius 2 is 2.05 bits per heavy atom. The highest BCUT2D eigenvalue weighted by Crippen LogP contribution is 2.27. The van der Waals surface area contributed by atoms with Gasteiger partial charge in [0.1, 0.15) is 0 Å². The molecule has 3 unspecified atom stereocenters. The molecule has 3 nitrogen and oxygen atoms in total. The fourth-order valence-electron chi connectivity index (χ4n) is 2.90. The molecule has 1 aliphatic carbocycles. The molecule has 2 rings (SSSR count). The van der Waals surface area contributed by atoms with Gasteiger partial charge in [0.15, 0.2) is 0 Å². The lowest BCUT2D eigenvalue weighted by molar-refractivity contribution is -0.132. The van der Waals surface area contributed by atoms with E-state index in [0.29, 0.717) is 6.54 Å². The summed E-state index contributed by atoms with van der Waals surface area (Å²) in [5, 5.41) is 9.86. The van der Waals surface area contributed by atoms with Crippen LogP contribution >= 0.6 is 15.9 Å². The molecule has 1 aromatic carbocycles. The van der Waals surface area contributed by atoms with Crippen molar-refractivity contribution >= 4 is 21.8 Å². The summed E-state index contributed by atoms with van der Waals surface area (Å²) in [6.07, 6.45) is 2.71. The first-order valence-electron chi connectivity index (χ1n) is 7.17. The normalized spacial score (nSPS) is 23.6. The first kappa shape index (κ1) is 15.5. The van der Waals surface area contributed by atoms with E-state index in [-0.39, 0.29) is 23.8 Å². The largest absolute Gasteiger partial charge is 0.393 e. The van der Waals surface area contributed by atoms with Crippen LogP contribution in [0.15, 0.2) is 28.7 Å². The minimum absolute atomic E-state index is 0.117. The lowest BCUT2D eigenvalue weighted by Gasteiger charge is -2.26. The number of likely N-dealkylation sites (N-methyl/N-ethyl adjacent to an activating group) is 1. The number of aliphatic hydroxyl groups is 1. The van der Waals surface area contributed by atoms with Gasteiger partial charge in [0, 0.05) is 24.0 Å². The third-order valence-electron chi connectivity index (χ3n) is 4.24. The van der Waals surface area contributed by atoms with E-state index in [1.54, 1.807) is 4.90 Å². The summed E-state index contributed by atoms with van der Waals surface area (Å²) in [7, 11) is 1.84. The van der Waals surface area contributed by atoms with E-state index in [1.807, 2.05) is 38.2 Å². The number of amides is 1. The van der Waals surface area contributed by atoms with E-state index in [1.165, 1.54) is 0 Å². The Balaban J connectivity index is 1.97. The summed E-state index contributed by atoms with van der Waals surface area (Å²) < 4.78 is 1.02. The van der Waals surface area contributed by atoms with E-state index in [0.717, 1.165) is 29.3 Å². The number of hydrogen-bond donors (Lipinski definition) is 1. The predicted octanol–water partition coefficient (Wildman–Crippen LogP) is 3.17. The van der Waals surface area contributed by atoms with Crippen molar-refractivity contribution in [1.29, 1.82) is 0 Å². The summed E-state index contributed by atoms with van der Waals surface area (Å²) >= 11 is 3.40. The Bertz CT molecular complexity index is 460. The van der Waals surface area contributed by atoms with E-state index in [9.17, 15) is 9.90 Å². The van der Waals surface area contributed by atoms with Gasteiger partial charge in [-0.3, -0.25) is 4.79 Å². The maximum absolute atomic E-state index is 12.5. The van der Waals surface area contributed by atoms with Crippen LogP contribution < -0.4 is 0 Å². The molecule has 20 heavy (non-hydrogen) atoms. The third kappa shape index (κ3) is 3.61. The molecular formula is C16H22BrNO2. The highest BCUT2D eigenvalue weighted by molar-refractivity contribution is 9.10. The molecule has 0 radical (unpaired) electrons. The van der Waals surface area contributed by atoms with Crippen LogP contribution in [0.3, 0.4) is 0 Å². The highest BCUT2D eigenvalue weighted by Gasteiger charge is 2.28. The monoisotopic (exact) mass is 339 g/mol. The van der Waals surface area contributed by atoms with Crippen molar-refractivity contribution in [1.82, 2.24) is 4.90 Å². The lowest BCUT2D eigenvalue weighted by atomic mass is 9.99. The standard InChI is InChI=1S/C16H22BrNO2/c1-11(12-6-8-14(17)9-7-12)16(20)18(2)10-13-4-3-5-15(13)19/h6-9,11,13,15,19H,3-5,10H2,1-2H3. The van der Waals surface area contributed by atoms with Crippen LogP contribution in [0.25, 0.3) is 0 Å². The van der Waals surface area contributed by atoms with Crippen LogP contribution in [0.1, 0.15) is 37.7 Å². The number of benzene rings is 1. The molecule has 110 valence electrons. The van der Waals surface area contributed by atoms with Crippen LogP contribution in [-0.2, 0) is 4.79 Å². The maximum atomic E-state index is 12.5. The second-order valence-corrected chi connectivity index (χ2v) is 6.67. The highest BCUT2D eigenvalue weighted by atomic mass is 79.9. The molecule has 1 N–H and O–H groups in total. The number of carbonyl (C=O) groups excluding carboxylic acids is 1. The van der Waals surface area contributed by atoms with Crippen molar-refractivity contribution in [3.05, 3.63) is 34.3 Å². The zero-order chi connectivity index (χ0) is 14.7. The zero-order valence-electron chi connectivity index (χ0n) is 12.1. The number of halogens is 1. The Morgan fingerprint density at radius 1 is 1.40 bits per heavy atom. The Kier molecular flexibility index (Phi) is 5.22. The van der Waals surface area contributed by atoms with Crippen molar-refractivity contribution < 1.29 is 9.90 Å². The summed E-state index contributed by atoms with van der Waals surface area (Å²) in [4.78, 5) is 14.2. The molecule has 0 bridgehead atoms. The molecule has 0 aliphatic heterocycles. The van der Waals surface area contributed by atoms with Gasteiger partial charge < -0.3 is 10.0 Å². The number of rotatable bonds is 4. The Labute approximate surface area is 129 Å². The minimum Gasteiger partial charge on any atom is -0.393 e. The van der Waals surface area contributed by atoms with Gasteiger partial charge in [0.2, 0.25) is 5.91 Å². The average Bonchev–Trinajstić information content (AvgIpc) is 2.83. The first-order chi connectivity index (χ1) is 9.49. The minimum atomic E-state index is -0.242. The fraction of sp³-hybridized carbons (Fsp3) is 0.562. The molecule has 3 atom stereocenters. The number of carbonyl (C=O) groups is 1. The van der Waals surface area contributed by atoms with Gasteiger partial charge in [-0.05, 0) is 37.5 Å². The van der Waals surface area contributed by atoms with E-state index in [4.69, 9.17) is 0 Å². The second kappa shape index (κ2) is 6.72. The molecule has 1 saturated carbocycles. The Hall–Kier alpha value is -0.870. The second-order valence-electron chi connectivity index (χ2n) is 5.75. The van der Waals surface area contributed by atoms with Crippen LogP contribution in [0.4, 0.5) is 0 Å². The van der Waals surface area contributed by atoms with Gasteiger partial charge in [-0.1, -0.05) is 34.5 Å². The molecule has 0 spiro atoms. The molecular weight excluding hydrogens is 318 g/mol.